The normalized spacial score (nSPS) is 39.5. The quantitative estimate of drug-likeness (QED) is 0.0791. The Kier molecular flexibility index (Phi) is 24.1. The zero-order valence-electron chi connectivity index (χ0n) is 44.2. The highest BCUT2D eigenvalue weighted by Gasteiger charge is 2.53. The van der Waals surface area contributed by atoms with Crippen LogP contribution in [0.2, 0.25) is 0 Å². The first-order chi connectivity index (χ1) is 33.7. The van der Waals surface area contributed by atoms with E-state index in [1.54, 1.807) is 35.2 Å². The second kappa shape index (κ2) is 28.6. The molecule has 0 aromatic carbocycles. The van der Waals surface area contributed by atoms with Gasteiger partial charge in [-0.3, -0.25) is 9.59 Å². The van der Waals surface area contributed by atoms with Gasteiger partial charge in [0.25, 0.3) is 11.7 Å². The van der Waals surface area contributed by atoms with Gasteiger partial charge in [-0.15, -0.1) is 0 Å². The molecule has 17 nitrogen and oxygen atoms in total. The third kappa shape index (κ3) is 16.6. The van der Waals surface area contributed by atoms with Crippen molar-refractivity contribution in [3.8, 4) is 0 Å². The van der Waals surface area contributed by atoms with Crippen LogP contribution in [0.4, 0.5) is 0 Å². The van der Waals surface area contributed by atoms with Crippen LogP contribution in [0, 0.1) is 35.5 Å². The van der Waals surface area contributed by atoms with Gasteiger partial charge in [-0.25, -0.2) is 9.59 Å². The van der Waals surface area contributed by atoms with Crippen molar-refractivity contribution in [1.82, 2.24) is 4.90 Å². The molecule has 71 heavy (non-hydrogen) atoms. The van der Waals surface area contributed by atoms with E-state index in [2.05, 4.69) is 5.16 Å². The van der Waals surface area contributed by atoms with Crippen molar-refractivity contribution in [1.29, 1.82) is 0 Å². The molecule has 0 spiro atoms. The van der Waals surface area contributed by atoms with Crippen LogP contribution in [0.25, 0.3) is 0 Å². The molecule has 2 bridgehead atoms. The Morgan fingerprint density at radius 1 is 0.859 bits per heavy atom. The van der Waals surface area contributed by atoms with Gasteiger partial charge in [-0.2, -0.15) is 0 Å². The summed E-state index contributed by atoms with van der Waals surface area (Å²) in [4.78, 5) is 61.3. The van der Waals surface area contributed by atoms with Gasteiger partial charge >= 0.3 is 11.9 Å². The number of cyclic esters (lactones) is 1. The number of carboxylic acid groups (broad SMARTS) is 1. The van der Waals surface area contributed by atoms with Crippen LogP contribution in [0.1, 0.15) is 126 Å². The standard InChI is InChI=1S/C54H86N2O15/c1-32-17-13-12-14-18-33(2)43(65-8)29-40-22-20-38(7)54(64,71-40)51(61)52(62)56-24-16-15-19-41(56)53(63)70-45(35(4)27-39-21-23-42(57)46(28-39)67-10)30-44(66-9)34(3)26-37(6)49(60)50(68-11)48(36(5)25-32)55-69-31-47(58)59/h12-14,17-18,26,32,34-36,38-46,49-50,57,60,64H,15-16,19-25,27-31H2,1-11H3,(H,58,59)/b14-12+,17-13+,33-18+,37-26+,55-48+/t32-,34-,35-,36-,38-,39+,40+,41+,42-,43+,44-,45+,46-,49-,50+,54-/m1/s1. The second-order valence-corrected chi connectivity index (χ2v) is 20.8. The Hall–Kier alpha value is -3.81. The number of amides is 1. The number of hydrogen-bond donors (Lipinski definition) is 4. The molecule has 1 aliphatic carbocycles. The summed E-state index contributed by atoms with van der Waals surface area (Å²) >= 11 is 0. The molecule has 1 amide bonds. The van der Waals surface area contributed by atoms with Crippen LogP contribution in [-0.2, 0) is 52.4 Å². The van der Waals surface area contributed by atoms with Crippen molar-refractivity contribution in [3.63, 3.8) is 0 Å². The lowest BCUT2D eigenvalue weighted by Crippen LogP contribution is -2.61. The summed E-state index contributed by atoms with van der Waals surface area (Å²) in [6, 6.07) is -1.09. The summed E-state index contributed by atoms with van der Waals surface area (Å²) < 4.78 is 36.2. The van der Waals surface area contributed by atoms with Gasteiger partial charge in [0.1, 0.15) is 24.4 Å². The summed E-state index contributed by atoms with van der Waals surface area (Å²) in [6.07, 6.45) is 12.1. The highest BCUT2D eigenvalue weighted by atomic mass is 16.6. The fourth-order valence-electron chi connectivity index (χ4n) is 10.9. The predicted octanol–water partition coefficient (Wildman–Crippen LogP) is 6.51. The average Bonchev–Trinajstić information content (AvgIpc) is 3.34. The maximum absolute atomic E-state index is 14.6. The Bertz CT molecular complexity index is 1900. The molecule has 2 saturated heterocycles. The lowest BCUT2D eigenvalue weighted by atomic mass is 9.78. The van der Waals surface area contributed by atoms with Crippen molar-refractivity contribution >= 4 is 29.3 Å². The Morgan fingerprint density at radius 3 is 2.24 bits per heavy atom. The highest BCUT2D eigenvalue weighted by Crippen LogP contribution is 2.38. The minimum Gasteiger partial charge on any atom is -0.479 e. The lowest BCUT2D eigenvalue weighted by molar-refractivity contribution is -0.265. The Labute approximate surface area is 422 Å². The second-order valence-electron chi connectivity index (χ2n) is 20.8. The number of hydrogen-bond acceptors (Lipinski definition) is 15. The van der Waals surface area contributed by atoms with Crippen LogP contribution in [0.3, 0.4) is 0 Å². The fourth-order valence-corrected chi connectivity index (χ4v) is 10.9. The molecule has 3 aliphatic heterocycles. The van der Waals surface area contributed by atoms with Crippen LogP contribution < -0.4 is 0 Å². The molecule has 4 N–H and O–H groups in total. The van der Waals surface area contributed by atoms with Crippen molar-refractivity contribution in [2.75, 3.05) is 41.6 Å². The number of ether oxygens (including phenoxy) is 6. The van der Waals surface area contributed by atoms with Gasteiger partial charge < -0.3 is 58.6 Å². The van der Waals surface area contributed by atoms with Crippen LogP contribution in [0.5, 0.6) is 0 Å². The molecule has 4 rings (SSSR count). The van der Waals surface area contributed by atoms with E-state index >= 15 is 0 Å². The summed E-state index contributed by atoms with van der Waals surface area (Å²) in [5, 5.41) is 48.1. The number of piperidine rings is 1. The van der Waals surface area contributed by atoms with Crippen molar-refractivity contribution in [2.45, 2.75) is 186 Å². The van der Waals surface area contributed by atoms with Gasteiger partial charge in [0.2, 0.25) is 12.4 Å². The zero-order valence-corrected chi connectivity index (χ0v) is 44.2. The third-order valence-corrected chi connectivity index (χ3v) is 15.3. The number of aliphatic hydroxyl groups is 3. The number of rotatable bonds is 10. The molecule has 16 atom stereocenters. The number of carbonyl (C=O) groups excluding carboxylic acids is 3. The molecule has 4 aliphatic rings. The lowest BCUT2D eigenvalue weighted by Gasteiger charge is -2.43. The van der Waals surface area contributed by atoms with Crippen LogP contribution >= 0.6 is 0 Å². The fraction of sp³-hybridized carbons (Fsp3) is 0.759. The van der Waals surface area contributed by atoms with Gasteiger partial charge in [0, 0.05) is 65.6 Å². The summed E-state index contributed by atoms with van der Waals surface area (Å²) in [7, 11) is 6.19. The van der Waals surface area contributed by atoms with E-state index in [0.717, 1.165) is 12.0 Å². The first-order valence-corrected chi connectivity index (χ1v) is 25.7. The van der Waals surface area contributed by atoms with E-state index in [4.69, 9.17) is 33.3 Å². The minimum atomic E-state index is -2.42. The predicted molar refractivity (Wildman–Crippen MR) is 267 cm³/mol. The topological polar surface area (TPSA) is 229 Å². The van der Waals surface area contributed by atoms with Crippen LogP contribution in [0.15, 0.2) is 52.8 Å². The molecule has 402 valence electrons. The number of aliphatic carboxylic acids is 1. The van der Waals surface area contributed by atoms with Crippen LogP contribution in [-0.4, -0.2) is 157 Å². The third-order valence-electron chi connectivity index (χ3n) is 15.3. The minimum absolute atomic E-state index is 0.0106. The van der Waals surface area contributed by atoms with Gasteiger partial charge in [0.15, 0.2) is 0 Å². The maximum Gasteiger partial charge on any atom is 0.344 e. The summed E-state index contributed by atoms with van der Waals surface area (Å²) in [5.74, 6) is -7.83. The molecule has 17 heteroatoms. The van der Waals surface area contributed by atoms with E-state index in [9.17, 15) is 39.6 Å². The molecule has 3 fully saturated rings. The number of esters is 1. The van der Waals surface area contributed by atoms with E-state index in [1.165, 1.54) is 12.0 Å². The van der Waals surface area contributed by atoms with E-state index in [-0.39, 0.29) is 55.1 Å². The SMILES string of the molecule is CO[C@H]1C[C@@H]2CC[C@@H](C)[C@@](O)(O2)C(=O)C(=O)N2CCCC[C@H]2C(=O)O[C@H]([C@H](C)C[C@@H]2CC[C@@H](O)[C@H](OC)C2)C[C@@H](OC)[C@H](C)/C=C(\C)[C@@H](O)[C@@H](OC)/C(=N/OCC(=O)O)[C@H](C)C[C@H](C)/C=C/C=C/C=C/1C. The molecular weight excluding hydrogens is 917 g/mol. The largest absolute Gasteiger partial charge is 0.479 e. The smallest absolute Gasteiger partial charge is 0.344 e. The molecule has 0 aromatic rings. The van der Waals surface area contributed by atoms with Gasteiger partial charge in [-0.1, -0.05) is 76.2 Å². The number of oxime groups is 1. The monoisotopic (exact) mass is 1000 g/mol. The zero-order chi connectivity index (χ0) is 52.6. The van der Waals surface area contributed by atoms with E-state index in [1.807, 2.05) is 71.1 Å². The number of aliphatic hydroxyl groups excluding tert-OH is 2. The van der Waals surface area contributed by atoms with Crippen molar-refractivity contribution < 1.29 is 72.9 Å². The van der Waals surface area contributed by atoms with E-state index in [0.29, 0.717) is 69.1 Å². The van der Waals surface area contributed by atoms with Gasteiger partial charge in [0.05, 0.1) is 36.2 Å². The average molecular weight is 1000 g/mol. The number of ketones is 1. The Morgan fingerprint density at radius 2 is 1.58 bits per heavy atom. The summed E-state index contributed by atoms with van der Waals surface area (Å²) in [5.41, 5.74) is 1.74. The number of nitrogens with zero attached hydrogens (tertiary/aromatic N) is 2. The number of carboxylic acids is 1. The first kappa shape index (κ1) is 59.8. The number of Topliss-reactive ketones (excluding diaryl/α,β-unsaturated/α-hetero) is 1. The number of allylic oxidation sites excluding steroid dienone is 5. The molecule has 3 heterocycles. The highest BCUT2D eigenvalue weighted by molar-refractivity contribution is 6.39. The molecule has 0 unspecified atom stereocenters. The molecule has 0 radical (unpaired) electrons. The molecule has 0 aromatic heterocycles. The molecule has 1 saturated carbocycles. The number of carbonyl (C=O) groups is 4. The van der Waals surface area contributed by atoms with Crippen molar-refractivity contribution in [3.05, 3.63) is 47.6 Å². The van der Waals surface area contributed by atoms with Crippen molar-refractivity contribution in [2.24, 2.45) is 40.7 Å². The van der Waals surface area contributed by atoms with Gasteiger partial charge in [-0.05, 0) is 107 Å². The van der Waals surface area contributed by atoms with E-state index < -0.39 is 90.7 Å². The molecular formula is C54H86N2O15. The Balaban J connectivity index is 1.77. The number of methoxy groups -OCH3 is 4. The summed E-state index contributed by atoms with van der Waals surface area (Å²) in [6.45, 7) is 12.7. The number of fused-ring (bicyclic) bond motifs is 3. The first-order valence-electron chi connectivity index (χ1n) is 25.7. The maximum atomic E-state index is 14.6.